The minimum Gasteiger partial charge on any atom is -0.386 e. The van der Waals surface area contributed by atoms with Gasteiger partial charge in [0.2, 0.25) is 0 Å². The molecule has 6 aromatic rings. The lowest BCUT2D eigenvalue weighted by molar-refractivity contribution is -0.0116. The molecular weight excluding hydrogens is 904 g/mol. The second-order valence-corrected chi connectivity index (χ2v) is 18.7. The van der Waals surface area contributed by atoms with Crippen LogP contribution in [-0.4, -0.2) is 117 Å². The van der Waals surface area contributed by atoms with E-state index in [-0.39, 0.29) is 5.92 Å². The Morgan fingerprint density at radius 1 is 0.651 bits per heavy atom. The summed E-state index contributed by atoms with van der Waals surface area (Å²) >= 11 is 2.45. The van der Waals surface area contributed by atoms with E-state index in [9.17, 15) is 5.11 Å². The van der Waals surface area contributed by atoms with E-state index in [0.29, 0.717) is 54.2 Å². The van der Waals surface area contributed by atoms with Crippen LogP contribution in [0.1, 0.15) is 64.9 Å². The summed E-state index contributed by atoms with van der Waals surface area (Å²) in [6.07, 6.45) is 11.4. The highest BCUT2D eigenvalue weighted by molar-refractivity contribution is 14.1. The predicted octanol–water partition coefficient (Wildman–Crippen LogP) is 7.45. The molecule has 16 heteroatoms. The van der Waals surface area contributed by atoms with Crippen molar-refractivity contribution in [3.05, 3.63) is 119 Å². The van der Waals surface area contributed by atoms with Crippen molar-refractivity contribution in [3.8, 4) is 0 Å². The van der Waals surface area contributed by atoms with Gasteiger partial charge in [-0.1, -0.05) is 66.7 Å². The fraction of sp³-hybridized carbons (Fsp3) is 0.362. The van der Waals surface area contributed by atoms with E-state index >= 15 is 0 Å². The summed E-state index contributed by atoms with van der Waals surface area (Å²) in [5, 5.41) is 33.3. The molecule has 15 nitrogen and oxygen atoms in total. The van der Waals surface area contributed by atoms with Crippen LogP contribution in [0.15, 0.2) is 78.9 Å². The lowest BCUT2D eigenvalue weighted by atomic mass is 9.86. The topological polar surface area (TPSA) is 166 Å². The van der Waals surface area contributed by atoms with E-state index in [1.807, 2.05) is 86.7 Å². The molecule has 4 aromatic heterocycles. The number of β-amino-alcohol motifs (C(OH)–C–C–N with tert-alkyl or cyclic N) is 1. The smallest absolute Gasteiger partial charge is 0.156 e. The zero-order chi connectivity index (χ0) is 42.9. The molecule has 0 bridgehead atoms. The Labute approximate surface area is 381 Å². The number of piperazine rings is 1. The maximum atomic E-state index is 11.8. The lowest BCUT2D eigenvalue weighted by Crippen LogP contribution is -2.63. The van der Waals surface area contributed by atoms with Crippen molar-refractivity contribution in [2.45, 2.75) is 50.7 Å². The molecule has 1 saturated carbocycles. The highest BCUT2D eigenvalue weighted by Gasteiger charge is 2.58. The second-order valence-electron chi connectivity index (χ2n) is 17.4. The van der Waals surface area contributed by atoms with Gasteiger partial charge in [-0.05, 0) is 73.8 Å². The Kier molecular flexibility index (Phi) is 11.7. The number of hydrogen-bond donors (Lipinski definition) is 5. The van der Waals surface area contributed by atoms with Crippen LogP contribution in [0.5, 0.6) is 0 Å². The molecular formula is C47H53IN14O. The van der Waals surface area contributed by atoms with Crippen molar-refractivity contribution in [2.24, 2.45) is 5.92 Å². The molecule has 0 spiro atoms. The fourth-order valence-corrected chi connectivity index (χ4v) is 9.73. The average molecular weight is 957 g/mol. The average Bonchev–Trinajstić information content (AvgIpc) is 3.84. The predicted molar refractivity (Wildman–Crippen MR) is 258 cm³/mol. The van der Waals surface area contributed by atoms with Gasteiger partial charge in [0.25, 0.3) is 0 Å². The molecule has 10 rings (SSSR count). The van der Waals surface area contributed by atoms with Crippen molar-refractivity contribution < 1.29 is 5.11 Å². The number of nitrogens with one attached hydrogen (secondary N) is 4. The molecule has 1 aliphatic carbocycles. The van der Waals surface area contributed by atoms with E-state index in [0.717, 1.165) is 85.7 Å². The normalized spacial score (nSPS) is 20.7. The third kappa shape index (κ3) is 9.78. The number of halogens is 1. The summed E-state index contributed by atoms with van der Waals surface area (Å²) in [5.41, 5.74) is 4.53. The van der Waals surface area contributed by atoms with Crippen molar-refractivity contribution in [3.63, 3.8) is 0 Å². The Bertz CT molecular complexity index is 2570. The van der Waals surface area contributed by atoms with E-state index in [1.54, 1.807) is 0 Å². The van der Waals surface area contributed by atoms with Gasteiger partial charge in [0.1, 0.15) is 28.9 Å². The molecule has 3 saturated heterocycles. The Morgan fingerprint density at radius 2 is 1.21 bits per heavy atom. The molecule has 5 N–H and O–H groups in total. The number of aliphatic hydroxyl groups is 1. The molecule has 4 fully saturated rings. The van der Waals surface area contributed by atoms with Crippen LogP contribution < -0.4 is 20.4 Å². The number of benzene rings is 2. The first-order valence-electron chi connectivity index (χ1n) is 21.9. The molecule has 2 unspecified atom stereocenters. The lowest BCUT2D eigenvalue weighted by Gasteiger charge is -2.48. The largest absolute Gasteiger partial charge is 0.386 e. The summed E-state index contributed by atoms with van der Waals surface area (Å²) in [5.74, 6) is 6.18. The highest BCUT2D eigenvalue weighted by Crippen LogP contribution is 2.56. The SMILES string of the molecule is Cc1cc(Nc2cc(N3CCN(C4CCN(I)CC4)CC3)nc(/C=C/c3ccc(C4CC4C4(O)CN(c5cc(Nc6cc(C)[nH]n6)nc(/C=C/c6ccccc6)n5)C4)cc3)n2)n[nH]1. The van der Waals surface area contributed by atoms with Crippen LogP contribution in [0.4, 0.5) is 34.9 Å². The van der Waals surface area contributed by atoms with Gasteiger partial charge >= 0.3 is 0 Å². The third-order valence-electron chi connectivity index (χ3n) is 12.7. The van der Waals surface area contributed by atoms with E-state index in [1.165, 1.54) is 18.4 Å². The van der Waals surface area contributed by atoms with E-state index in [2.05, 4.69) is 102 Å². The van der Waals surface area contributed by atoms with Crippen LogP contribution in [0.25, 0.3) is 24.3 Å². The van der Waals surface area contributed by atoms with Gasteiger partial charge in [-0.3, -0.25) is 15.1 Å². The van der Waals surface area contributed by atoms with Gasteiger partial charge in [0, 0.05) is 104 Å². The number of aromatic amines is 2. The number of H-pyrrole nitrogens is 2. The summed E-state index contributed by atoms with van der Waals surface area (Å²) < 4.78 is 2.41. The fourth-order valence-electron chi connectivity index (χ4n) is 9.18. The zero-order valence-electron chi connectivity index (χ0n) is 35.6. The minimum atomic E-state index is -0.789. The van der Waals surface area contributed by atoms with E-state index in [4.69, 9.17) is 19.9 Å². The molecule has 0 amide bonds. The molecule has 324 valence electrons. The molecule has 63 heavy (non-hydrogen) atoms. The monoisotopic (exact) mass is 956 g/mol. The molecule has 3 aliphatic heterocycles. The number of piperidine rings is 1. The first-order valence-corrected chi connectivity index (χ1v) is 22.9. The summed E-state index contributed by atoms with van der Waals surface area (Å²) in [4.78, 5) is 26.7. The zero-order valence-corrected chi connectivity index (χ0v) is 37.8. The van der Waals surface area contributed by atoms with Crippen LogP contribution >= 0.6 is 22.9 Å². The Morgan fingerprint density at radius 3 is 1.76 bits per heavy atom. The number of anilines is 6. The second kappa shape index (κ2) is 17.8. The Hall–Kier alpha value is -5.69. The number of hydrogen-bond acceptors (Lipinski definition) is 13. The van der Waals surface area contributed by atoms with Gasteiger partial charge in [-0.2, -0.15) is 10.2 Å². The number of aromatic nitrogens is 8. The summed E-state index contributed by atoms with van der Waals surface area (Å²) in [6.45, 7) is 11.2. The van der Waals surface area contributed by atoms with Gasteiger partial charge in [-0.25, -0.2) is 23.0 Å². The third-order valence-corrected chi connectivity index (χ3v) is 13.7. The van der Waals surface area contributed by atoms with Gasteiger partial charge in [0.15, 0.2) is 23.3 Å². The van der Waals surface area contributed by atoms with Crippen LogP contribution in [-0.2, 0) is 0 Å². The van der Waals surface area contributed by atoms with Crippen molar-refractivity contribution in [1.29, 1.82) is 0 Å². The molecule has 2 atom stereocenters. The van der Waals surface area contributed by atoms with E-state index < -0.39 is 5.60 Å². The molecule has 4 aliphatic rings. The van der Waals surface area contributed by atoms with Crippen LogP contribution in [0, 0.1) is 19.8 Å². The van der Waals surface area contributed by atoms with Crippen LogP contribution in [0.2, 0.25) is 0 Å². The summed E-state index contributed by atoms with van der Waals surface area (Å²) in [6, 6.07) is 27.3. The number of rotatable bonds is 13. The van der Waals surface area contributed by atoms with Crippen molar-refractivity contribution in [1.82, 2.24) is 48.3 Å². The Balaban J connectivity index is 0.789. The quantitative estimate of drug-likeness (QED) is 0.0573. The minimum absolute atomic E-state index is 0.185. The van der Waals surface area contributed by atoms with Gasteiger partial charge < -0.3 is 25.5 Å². The van der Waals surface area contributed by atoms with Gasteiger partial charge in [-0.15, -0.1) is 0 Å². The molecule has 2 aromatic carbocycles. The standard InChI is InChI=1S/C47H53IN14O/c1-31-24-43(57-55-31)51-41-27-45(60-22-20-59(21-23-60)36-16-18-62(48)19-17-36)53-39(49-41)15-11-34-8-12-35(13-9-34)37-26-38(37)47(63)29-61(30-47)46-28-42(52-44-25-32(2)56-58-44)50-40(54-46)14-10-33-6-4-3-5-7-33/h3-15,24-25,27-28,36-38,63H,16-23,26,29-30H2,1-2H3,(H2,49,51,53,55,57)(H2,50,52,54,56,58)/b14-10+,15-11+. The first kappa shape index (κ1) is 41.3. The first-order chi connectivity index (χ1) is 30.7. The van der Waals surface area contributed by atoms with Crippen LogP contribution in [0.3, 0.4) is 0 Å². The molecule has 0 radical (unpaired) electrons. The summed E-state index contributed by atoms with van der Waals surface area (Å²) in [7, 11) is 0. The van der Waals surface area contributed by atoms with Gasteiger partial charge in [0.05, 0.1) is 13.1 Å². The maximum absolute atomic E-state index is 11.8. The van der Waals surface area contributed by atoms with Crippen molar-refractivity contribution in [2.75, 3.05) is 72.8 Å². The highest BCUT2D eigenvalue weighted by atomic mass is 127. The molecule has 7 heterocycles. The van der Waals surface area contributed by atoms with Crippen molar-refractivity contribution >= 4 is 82.1 Å². The number of aryl methyl sites for hydroxylation is 2. The number of nitrogens with zero attached hydrogens (tertiary/aromatic N) is 10. The maximum Gasteiger partial charge on any atom is 0.156 e.